The molecule has 0 spiro atoms. The second-order valence-electron chi connectivity index (χ2n) is 6.36. The Labute approximate surface area is 131 Å². The van der Waals surface area contributed by atoms with Gasteiger partial charge in [-0.05, 0) is 35.4 Å². The molecule has 0 radical (unpaired) electrons. The van der Waals surface area contributed by atoms with Crippen LogP contribution in [0.2, 0.25) is 0 Å². The number of hydrogen-bond acceptors (Lipinski definition) is 5. The summed E-state index contributed by atoms with van der Waals surface area (Å²) in [5.74, 6) is -2.03. The van der Waals surface area contributed by atoms with E-state index in [1.807, 2.05) is 26.8 Å². The van der Waals surface area contributed by atoms with E-state index in [9.17, 15) is 14.7 Å². The number of esters is 2. The van der Waals surface area contributed by atoms with Crippen molar-refractivity contribution in [1.29, 1.82) is 0 Å². The van der Waals surface area contributed by atoms with Crippen molar-refractivity contribution in [2.45, 2.75) is 39.5 Å². The van der Waals surface area contributed by atoms with Gasteiger partial charge < -0.3 is 14.6 Å². The topological polar surface area (TPSA) is 72.8 Å². The van der Waals surface area contributed by atoms with E-state index in [-0.39, 0.29) is 17.6 Å². The van der Waals surface area contributed by atoms with E-state index in [4.69, 9.17) is 0 Å². The van der Waals surface area contributed by atoms with Crippen LogP contribution in [0.5, 0.6) is 5.75 Å². The summed E-state index contributed by atoms with van der Waals surface area (Å²) in [6.07, 6.45) is 0.170. The molecule has 22 heavy (non-hydrogen) atoms. The fourth-order valence-electron chi connectivity index (χ4n) is 2.33. The summed E-state index contributed by atoms with van der Waals surface area (Å²) in [5.41, 5.74) is 2.00. The minimum absolute atomic E-state index is 0.170. The number of aryl methyl sites for hydroxylation is 1. The zero-order valence-electron chi connectivity index (χ0n) is 14.0. The minimum Gasteiger partial charge on any atom is -0.507 e. The summed E-state index contributed by atoms with van der Waals surface area (Å²) in [6, 6.07) is 3.59. The highest BCUT2D eigenvalue weighted by Crippen LogP contribution is 2.34. The largest absolute Gasteiger partial charge is 0.507 e. The van der Waals surface area contributed by atoms with Crippen molar-refractivity contribution in [3.05, 3.63) is 28.8 Å². The smallest absolute Gasteiger partial charge is 0.320 e. The monoisotopic (exact) mass is 308 g/mol. The van der Waals surface area contributed by atoms with Gasteiger partial charge in [-0.3, -0.25) is 9.59 Å². The lowest BCUT2D eigenvalue weighted by atomic mass is 9.83. The van der Waals surface area contributed by atoms with Gasteiger partial charge in [-0.15, -0.1) is 0 Å². The molecule has 1 aromatic rings. The van der Waals surface area contributed by atoms with Crippen LogP contribution in [-0.4, -0.2) is 31.3 Å². The Morgan fingerprint density at radius 1 is 1.14 bits per heavy atom. The van der Waals surface area contributed by atoms with E-state index >= 15 is 0 Å². The van der Waals surface area contributed by atoms with Gasteiger partial charge in [0, 0.05) is 0 Å². The maximum atomic E-state index is 11.8. The lowest BCUT2D eigenvalue weighted by Crippen LogP contribution is -2.28. The number of ether oxygens (including phenoxy) is 2. The standard InChI is InChI=1S/C17H24O5/c1-10-7-11(9-13(14(10)18)17(2,3)4)8-12(15(19)21-5)16(20)22-6/h7,9,12,18H,8H2,1-6H3. The Morgan fingerprint density at radius 2 is 1.64 bits per heavy atom. The molecule has 0 aliphatic carbocycles. The molecular weight excluding hydrogens is 284 g/mol. The lowest BCUT2D eigenvalue weighted by molar-refractivity contribution is -0.158. The predicted octanol–water partition coefficient (Wildman–Crippen LogP) is 2.50. The third kappa shape index (κ3) is 4.00. The number of phenols is 1. The van der Waals surface area contributed by atoms with Crippen molar-refractivity contribution in [3.8, 4) is 5.75 Å². The Kier molecular flexibility index (Phi) is 5.58. The van der Waals surface area contributed by atoms with Crippen molar-refractivity contribution >= 4 is 11.9 Å². The van der Waals surface area contributed by atoms with E-state index in [0.717, 1.165) is 11.1 Å². The molecule has 1 rings (SSSR count). The SMILES string of the molecule is COC(=O)C(Cc1cc(C)c(O)c(C(C)(C)C)c1)C(=O)OC. The van der Waals surface area contributed by atoms with E-state index in [1.165, 1.54) is 14.2 Å². The molecule has 0 saturated heterocycles. The number of rotatable bonds is 4. The molecule has 0 aliphatic heterocycles. The van der Waals surface area contributed by atoms with Gasteiger partial charge >= 0.3 is 11.9 Å². The van der Waals surface area contributed by atoms with Crippen LogP contribution in [0.1, 0.15) is 37.5 Å². The molecule has 1 aromatic carbocycles. The second kappa shape index (κ2) is 6.81. The summed E-state index contributed by atoms with van der Waals surface area (Å²) in [6.45, 7) is 7.76. The number of methoxy groups -OCH3 is 2. The summed E-state index contributed by atoms with van der Waals surface area (Å²) >= 11 is 0. The number of aromatic hydroxyl groups is 1. The van der Waals surface area contributed by atoms with Crippen LogP contribution in [0.3, 0.4) is 0 Å². The quantitative estimate of drug-likeness (QED) is 0.683. The number of benzene rings is 1. The van der Waals surface area contributed by atoms with Gasteiger partial charge in [0.2, 0.25) is 0 Å². The fraction of sp³-hybridized carbons (Fsp3) is 0.529. The van der Waals surface area contributed by atoms with Crippen LogP contribution in [0.25, 0.3) is 0 Å². The normalized spacial score (nSPS) is 11.4. The maximum Gasteiger partial charge on any atom is 0.320 e. The van der Waals surface area contributed by atoms with E-state index in [2.05, 4.69) is 9.47 Å². The van der Waals surface area contributed by atoms with Crippen molar-refractivity contribution < 1.29 is 24.2 Å². The molecule has 0 amide bonds. The first kappa shape index (κ1) is 18.0. The number of hydrogen-bond donors (Lipinski definition) is 1. The van der Waals surface area contributed by atoms with Crippen molar-refractivity contribution in [1.82, 2.24) is 0 Å². The maximum absolute atomic E-state index is 11.8. The summed E-state index contributed by atoms with van der Waals surface area (Å²) in [7, 11) is 2.47. The van der Waals surface area contributed by atoms with Crippen molar-refractivity contribution in [3.63, 3.8) is 0 Å². The average molecular weight is 308 g/mol. The fourth-order valence-corrected chi connectivity index (χ4v) is 2.33. The zero-order valence-corrected chi connectivity index (χ0v) is 14.0. The molecule has 0 aromatic heterocycles. The Morgan fingerprint density at radius 3 is 2.05 bits per heavy atom. The van der Waals surface area contributed by atoms with E-state index in [1.54, 1.807) is 13.0 Å². The van der Waals surface area contributed by atoms with E-state index in [0.29, 0.717) is 5.56 Å². The third-order valence-corrected chi connectivity index (χ3v) is 3.58. The first-order valence-electron chi connectivity index (χ1n) is 7.10. The number of phenolic OH excluding ortho intramolecular Hbond substituents is 1. The van der Waals surface area contributed by atoms with Crippen LogP contribution < -0.4 is 0 Å². The average Bonchev–Trinajstić information content (AvgIpc) is 2.45. The van der Waals surface area contributed by atoms with Gasteiger partial charge in [-0.2, -0.15) is 0 Å². The summed E-state index contributed by atoms with van der Waals surface area (Å²) in [5, 5.41) is 10.2. The highest BCUT2D eigenvalue weighted by Gasteiger charge is 2.30. The first-order chi connectivity index (χ1) is 10.1. The molecular formula is C17H24O5. The van der Waals surface area contributed by atoms with Crippen LogP contribution in [0.4, 0.5) is 0 Å². The second-order valence-corrected chi connectivity index (χ2v) is 6.36. The molecule has 0 aliphatic rings. The van der Waals surface area contributed by atoms with Gasteiger partial charge in [-0.25, -0.2) is 0 Å². The summed E-state index contributed by atoms with van der Waals surface area (Å²) < 4.78 is 9.34. The molecule has 0 heterocycles. The third-order valence-electron chi connectivity index (χ3n) is 3.58. The van der Waals surface area contributed by atoms with Gasteiger partial charge in [0.1, 0.15) is 5.75 Å². The summed E-state index contributed by atoms with van der Waals surface area (Å²) in [4.78, 5) is 23.6. The molecule has 0 bridgehead atoms. The highest BCUT2D eigenvalue weighted by atomic mass is 16.5. The van der Waals surface area contributed by atoms with Gasteiger partial charge in [-0.1, -0.05) is 32.9 Å². The first-order valence-corrected chi connectivity index (χ1v) is 7.10. The van der Waals surface area contributed by atoms with Gasteiger partial charge in [0.25, 0.3) is 0 Å². The highest BCUT2D eigenvalue weighted by molar-refractivity contribution is 5.95. The lowest BCUT2D eigenvalue weighted by Gasteiger charge is -2.23. The molecule has 5 nitrogen and oxygen atoms in total. The number of carbonyl (C=O) groups excluding carboxylic acids is 2. The van der Waals surface area contributed by atoms with Gasteiger partial charge in [0.15, 0.2) is 5.92 Å². The molecule has 0 fully saturated rings. The molecule has 0 unspecified atom stereocenters. The van der Waals surface area contributed by atoms with Crippen LogP contribution >= 0.6 is 0 Å². The van der Waals surface area contributed by atoms with Crippen molar-refractivity contribution in [2.75, 3.05) is 14.2 Å². The molecule has 0 saturated carbocycles. The Hall–Kier alpha value is -2.04. The van der Waals surface area contributed by atoms with Crippen LogP contribution in [0.15, 0.2) is 12.1 Å². The van der Waals surface area contributed by atoms with Crippen molar-refractivity contribution in [2.24, 2.45) is 5.92 Å². The zero-order chi connectivity index (χ0) is 17.1. The van der Waals surface area contributed by atoms with E-state index < -0.39 is 17.9 Å². The van der Waals surface area contributed by atoms with Crippen LogP contribution in [0, 0.1) is 12.8 Å². The van der Waals surface area contributed by atoms with Gasteiger partial charge in [0.05, 0.1) is 14.2 Å². The Bertz CT molecular complexity index is 553. The molecule has 5 heteroatoms. The van der Waals surface area contributed by atoms with Crippen LogP contribution in [-0.2, 0) is 30.9 Å². The Balaban J connectivity index is 3.24. The molecule has 122 valence electrons. The molecule has 0 atom stereocenters. The minimum atomic E-state index is -1.01. The molecule has 1 N–H and O–H groups in total. The predicted molar refractivity (Wildman–Crippen MR) is 82.8 cm³/mol. The number of carbonyl (C=O) groups is 2.